The van der Waals surface area contributed by atoms with Gasteiger partial charge in [-0.25, -0.2) is 40.7 Å². The highest BCUT2D eigenvalue weighted by Crippen LogP contribution is 2.25. The summed E-state index contributed by atoms with van der Waals surface area (Å²) in [5.74, 6) is 0.490. The van der Waals surface area contributed by atoms with Gasteiger partial charge in [-0.2, -0.15) is 0 Å². The zero-order chi connectivity index (χ0) is 48.7. The number of hydrogen-bond donors (Lipinski definition) is 6. The molecule has 17 nitrogen and oxygen atoms in total. The highest BCUT2D eigenvalue weighted by atomic mass is 35.5. The van der Waals surface area contributed by atoms with Gasteiger partial charge in [0.1, 0.15) is 5.75 Å². The van der Waals surface area contributed by atoms with Crippen LogP contribution in [0.2, 0.25) is 5.02 Å². The number of benzene rings is 3. The predicted octanol–water partition coefficient (Wildman–Crippen LogP) is 6.72. The molecule has 3 aliphatic rings. The molecule has 0 atom stereocenters. The minimum absolute atomic E-state index is 0.00209. The summed E-state index contributed by atoms with van der Waals surface area (Å²) in [5, 5.41) is 11.4. The molecule has 6 rings (SSSR count). The standard InChI is InChI=1S/C24H34N4O5S.C23H28ClN3O5S/c1-4-21-17(3)15-28(22(21)29)24(31)25-14-13-18-7-11-20(12-8-18)34(32,33)27-23(30)26-19-9-5-16(2)6-10-19;1-32-21-12-9-17(24)15-20(21)22(28)25-14-13-16-7-10-19(11-8-16)33(30,31)27-23(29)26-18-5-3-2-4-6-18/h7-8,11-12,16,19H,4-6,9-10,13-15H2,1-3H3,(H,25,31)(H2,26,27,30);7-12,15,18H,2-6,13-14H2,1H3,(H,25,28)(H2,26,27,29). The van der Waals surface area contributed by atoms with E-state index < -0.39 is 38.1 Å². The summed E-state index contributed by atoms with van der Waals surface area (Å²) in [6, 6.07) is 15.3. The third kappa shape index (κ3) is 15.4. The zero-order valence-electron chi connectivity index (χ0n) is 38.4. The fourth-order valence-electron chi connectivity index (χ4n) is 8.16. The molecule has 20 heteroatoms. The van der Waals surface area contributed by atoms with Gasteiger partial charge in [-0.3, -0.25) is 14.5 Å². The molecule has 3 aromatic rings. The number of nitrogens with zero attached hydrogens (tertiary/aromatic N) is 1. The van der Waals surface area contributed by atoms with Gasteiger partial charge in [0, 0.05) is 35.8 Å². The van der Waals surface area contributed by atoms with Crippen LogP contribution >= 0.6 is 11.6 Å². The first-order valence-electron chi connectivity index (χ1n) is 22.6. The molecule has 0 unspecified atom stereocenters. The van der Waals surface area contributed by atoms with Crippen molar-refractivity contribution in [2.45, 2.75) is 120 Å². The summed E-state index contributed by atoms with van der Waals surface area (Å²) in [4.78, 5) is 62.5. The molecule has 0 saturated heterocycles. The van der Waals surface area contributed by atoms with Crippen molar-refractivity contribution in [2.75, 3.05) is 26.7 Å². The van der Waals surface area contributed by atoms with Crippen molar-refractivity contribution in [1.82, 2.24) is 35.6 Å². The number of hydrogen-bond acceptors (Lipinski definition) is 10. The zero-order valence-corrected chi connectivity index (χ0v) is 40.8. The van der Waals surface area contributed by atoms with Crippen molar-refractivity contribution < 1.29 is 45.5 Å². The van der Waals surface area contributed by atoms with E-state index in [1.165, 1.54) is 42.3 Å². The Balaban J connectivity index is 0.000000251. The molecule has 0 bridgehead atoms. The van der Waals surface area contributed by atoms with Gasteiger partial charge < -0.3 is 26.0 Å². The van der Waals surface area contributed by atoms with Gasteiger partial charge in [-0.1, -0.05) is 69.0 Å². The number of nitrogens with one attached hydrogen (secondary N) is 6. The summed E-state index contributed by atoms with van der Waals surface area (Å²) in [6.45, 7) is 6.86. The lowest BCUT2D eigenvalue weighted by Gasteiger charge is -2.26. The Morgan fingerprint density at radius 2 is 1.22 bits per heavy atom. The lowest BCUT2D eigenvalue weighted by Crippen LogP contribution is -2.45. The van der Waals surface area contributed by atoms with E-state index in [9.17, 15) is 40.8 Å². The molecule has 1 aliphatic heterocycles. The molecule has 2 saturated carbocycles. The van der Waals surface area contributed by atoms with E-state index in [4.69, 9.17) is 16.3 Å². The lowest BCUT2D eigenvalue weighted by atomic mass is 9.87. The van der Waals surface area contributed by atoms with E-state index in [1.807, 2.05) is 13.8 Å². The van der Waals surface area contributed by atoms with Gasteiger partial charge in [0.15, 0.2) is 0 Å². The molecule has 6 N–H and O–H groups in total. The van der Waals surface area contributed by atoms with Gasteiger partial charge in [0.25, 0.3) is 31.9 Å². The maximum atomic E-state index is 12.5. The number of urea groups is 3. The molecular formula is C47H62ClN7O10S2. The lowest BCUT2D eigenvalue weighted by molar-refractivity contribution is -0.123. The number of amides is 8. The number of methoxy groups -OCH3 is 1. The largest absolute Gasteiger partial charge is 0.496 e. The van der Waals surface area contributed by atoms with Crippen LogP contribution in [0.25, 0.3) is 0 Å². The van der Waals surface area contributed by atoms with Crippen LogP contribution in [0.5, 0.6) is 5.75 Å². The Morgan fingerprint density at radius 1 is 0.716 bits per heavy atom. The van der Waals surface area contributed by atoms with Crippen LogP contribution in [0.15, 0.2) is 87.7 Å². The Bertz CT molecular complexity index is 2490. The number of carbonyl (C=O) groups excluding carboxylic acids is 5. The summed E-state index contributed by atoms with van der Waals surface area (Å²) in [6.07, 6.45) is 10.2. The second-order valence-electron chi connectivity index (χ2n) is 17.1. The maximum absolute atomic E-state index is 12.5. The first kappa shape index (κ1) is 52.3. The van der Waals surface area contributed by atoms with E-state index in [0.717, 1.165) is 74.5 Å². The predicted molar refractivity (Wildman–Crippen MR) is 255 cm³/mol. The van der Waals surface area contributed by atoms with Crippen molar-refractivity contribution in [3.05, 3.63) is 99.6 Å². The second-order valence-corrected chi connectivity index (χ2v) is 20.9. The highest BCUT2D eigenvalue weighted by molar-refractivity contribution is 7.90. The molecule has 0 aromatic heterocycles. The molecule has 1 heterocycles. The fraction of sp³-hybridized carbons (Fsp3) is 0.468. The first-order valence-corrected chi connectivity index (χ1v) is 26.0. The van der Waals surface area contributed by atoms with Gasteiger partial charge in [0.05, 0.1) is 29.0 Å². The Morgan fingerprint density at radius 3 is 1.72 bits per heavy atom. The minimum atomic E-state index is -3.98. The average Bonchev–Trinajstić information content (AvgIpc) is 3.59. The van der Waals surface area contributed by atoms with Crippen LogP contribution in [0.3, 0.4) is 0 Å². The summed E-state index contributed by atoms with van der Waals surface area (Å²) in [5.41, 5.74) is 3.58. The normalized spacial score (nSPS) is 17.7. The molecule has 8 amide bonds. The Labute approximate surface area is 398 Å². The van der Waals surface area contributed by atoms with Crippen LogP contribution in [0, 0.1) is 5.92 Å². The van der Waals surface area contributed by atoms with E-state index in [1.54, 1.807) is 36.4 Å². The van der Waals surface area contributed by atoms with E-state index in [2.05, 4.69) is 37.6 Å². The highest BCUT2D eigenvalue weighted by Gasteiger charge is 2.31. The van der Waals surface area contributed by atoms with Crippen molar-refractivity contribution in [2.24, 2.45) is 5.92 Å². The number of ether oxygens (including phenoxy) is 1. The van der Waals surface area contributed by atoms with Crippen LogP contribution < -0.4 is 35.4 Å². The summed E-state index contributed by atoms with van der Waals surface area (Å²) in [7, 11) is -6.47. The summed E-state index contributed by atoms with van der Waals surface area (Å²) < 4.78 is 59.4. The first-order chi connectivity index (χ1) is 31.9. The van der Waals surface area contributed by atoms with E-state index >= 15 is 0 Å². The SMILES string of the molecule is CCC1=C(C)CN(C(=O)NCCc2ccc(S(=O)(=O)NC(=O)NC3CCC(C)CC3)cc2)C1=O.COc1ccc(Cl)cc1C(=O)NCCc1ccc(S(=O)(=O)NC(=O)NC2CCCCC2)cc1. The average molecular weight is 985 g/mol. The number of carbonyl (C=O) groups is 5. The van der Waals surface area contributed by atoms with Gasteiger partial charge >= 0.3 is 18.1 Å². The van der Waals surface area contributed by atoms with Crippen molar-refractivity contribution in [1.29, 1.82) is 0 Å². The van der Waals surface area contributed by atoms with Gasteiger partial charge in [-0.05, 0) is 130 Å². The van der Waals surface area contributed by atoms with Gasteiger partial charge in [0.2, 0.25) is 0 Å². The number of sulfonamides is 2. The van der Waals surface area contributed by atoms with Crippen LogP contribution in [0.1, 0.15) is 106 Å². The van der Waals surface area contributed by atoms with E-state index in [-0.39, 0.29) is 33.7 Å². The van der Waals surface area contributed by atoms with Crippen molar-refractivity contribution in [3.63, 3.8) is 0 Å². The van der Waals surface area contributed by atoms with Crippen LogP contribution in [0.4, 0.5) is 14.4 Å². The molecular weight excluding hydrogens is 922 g/mol. The number of imide groups is 1. The molecule has 2 fully saturated rings. The van der Waals surface area contributed by atoms with Gasteiger partial charge in [-0.15, -0.1) is 0 Å². The van der Waals surface area contributed by atoms with Crippen LogP contribution in [-0.2, 0) is 37.7 Å². The van der Waals surface area contributed by atoms with Crippen molar-refractivity contribution >= 4 is 61.6 Å². The fourth-order valence-corrected chi connectivity index (χ4v) is 10.2. The topological polar surface area (TPSA) is 238 Å². The smallest absolute Gasteiger partial charge is 0.328 e. The monoisotopic (exact) mass is 983 g/mol. The second kappa shape index (κ2) is 24.4. The number of rotatable bonds is 15. The van der Waals surface area contributed by atoms with Crippen LogP contribution in [-0.4, -0.2) is 90.5 Å². The third-order valence-electron chi connectivity index (χ3n) is 12.0. The molecule has 0 radical (unpaired) electrons. The minimum Gasteiger partial charge on any atom is -0.496 e. The number of halogens is 1. The van der Waals surface area contributed by atoms with E-state index in [0.29, 0.717) is 66.7 Å². The quantitative estimate of drug-likeness (QED) is 0.0941. The summed E-state index contributed by atoms with van der Waals surface area (Å²) >= 11 is 5.96. The molecule has 0 spiro atoms. The molecule has 2 aliphatic carbocycles. The molecule has 3 aromatic carbocycles. The Hall–Kier alpha value is -5.66. The third-order valence-corrected chi connectivity index (χ3v) is 14.9. The Kier molecular flexibility index (Phi) is 19.0. The maximum Gasteiger partial charge on any atom is 0.328 e. The molecule has 67 heavy (non-hydrogen) atoms. The molecule has 364 valence electrons. The van der Waals surface area contributed by atoms with Crippen molar-refractivity contribution in [3.8, 4) is 5.75 Å².